The summed E-state index contributed by atoms with van der Waals surface area (Å²) < 4.78 is 54.0. The standard InChI is InChI=1S/C21H23N3O4S2/c1-15-3-7-17(8-4-15)20-13-21(24(22-20)18-11-12-29(25,26)14-18)23-30(27,28)19-9-5-16(2)6-10-19/h3-10,13,18,23H,11-12,14H2,1-2H3/t18-/m0/s1. The summed E-state index contributed by atoms with van der Waals surface area (Å²) in [5.74, 6) is 0.274. The zero-order valence-corrected chi connectivity index (χ0v) is 18.4. The van der Waals surface area contributed by atoms with Gasteiger partial charge in [-0.25, -0.2) is 21.5 Å². The smallest absolute Gasteiger partial charge is 0.263 e. The first-order valence-electron chi connectivity index (χ1n) is 9.59. The van der Waals surface area contributed by atoms with Gasteiger partial charge in [0.15, 0.2) is 9.84 Å². The Morgan fingerprint density at radius 3 is 2.17 bits per heavy atom. The summed E-state index contributed by atoms with van der Waals surface area (Å²) in [6, 6.07) is 15.5. The molecule has 158 valence electrons. The Hall–Kier alpha value is -2.65. The Balaban J connectivity index is 1.75. The molecule has 9 heteroatoms. The molecule has 30 heavy (non-hydrogen) atoms. The van der Waals surface area contributed by atoms with E-state index in [-0.39, 0.29) is 22.2 Å². The number of nitrogens with one attached hydrogen (secondary N) is 1. The zero-order valence-electron chi connectivity index (χ0n) is 16.7. The fourth-order valence-corrected chi connectivity index (χ4v) is 6.23. The second-order valence-electron chi connectivity index (χ2n) is 7.70. The fourth-order valence-electron chi connectivity index (χ4n) is 3.50. The molecule has 0 bridgehead atoms. The van der Waals surface area contributed by atoms with E-state index in [0.717, 1.165) is 16.7 Å². The average Bonchev–Trinajstić information content (AvgIpc) is 3.25. The molecule has 2 heterocycles. The number of anilines is 1. The first kappa shape index (κ1) is 20.6. The lowest BCUT2D eigenvalue weighted by Gasteiger charge is -2.14. The molecule has 7 nitrogen and oxygen atoms in total. The van der Waals surface area contributed by atoms with Crippen molar-refractivity contribution in [2.75, 3.05) is 16.2 Å². The molecule has 1 atom stereocenters. The summed E-state index contributed by atoms with van der Waals surface area (Å²) in [5.41, 5.74) is 3.47. The average molecular weight is 446 g/mol. The molecular formula is C21H23N3O4S2. The monoisotopic (exact) mass is 445 g/mol. The number of sulfonamides is 1. The number of aryl methyl sites for hydroxylation is 2. The second-order valence-corrected chi connectivity index (χ2v) is 11.6. The predicted molar refractivity (Wildman–Crippen MR) is 117 cm³/mol. The van der Waals surface area contributed by atoms with E-state index in [1.165, 1.54) is 4.68 Å². The molecule has 0 unspecified atom stereocenters. The van der Waals surface area contributed by atoms with Gasteiger partial charge in [0.05, 0.1) is 28.1 Å². The summed E-state index contributed by atoms with van der Waals surface area (Å²) in [6.07, 6.45) is 0.399. The fraction of sp³-hybridized carbons (Fsp3) is 0.286. The highest BCUT2D eigenvalue weighted by Gasteiger charge is 2.32. The van der Waals surface area contributed by atoms with Crippen LogP contribution in [0.3, 0.4) is 0 Å². The van der Waals surface area contributed by atoms with E-state index in [2.05, 4.69) is 9.82 Å². The molecule has 0 amide bonds. The Morgan fingerprint density at radius 2 is 1.60 bits per heavy atom. The highest BCUT2D eigenvalue weighted by Crippen LogP contribution is 2.31. The Morgan fingerprint density at radius 1 is 1.00 bits per heavy atom. The van der Waals surface area contributed by atoms with Crippen molar-refractivity contribution in [2.24, 2.45) is 0 Å². The molecule has 1 aromatic heterocycles. The van der Waals surface area contributed by atoms with Crippen LogP contribution in [-0.4, -0.2) is 38.1 Å². The van der Waals surface area contributed by atoms with E-state index >= 15 is 0 Å². The van der Waals surface area contributed by atoms with Crippen LogP contribution in [0.15, 0.2) is 59.5 Å². The largest absolute Gasteiger partial charge is 0.264 e. The van der Waals surface area contributed by atoms with Gasteiger partial charge in [0.2, 0.25) is 0 Å². The van der Waals surface area contributed by atoms with Crippen LogP contribution in [0.5, 0.6) is 0 Å². The number of rotatable bonds is 5. The van der Waals surface area contributed by atoms with Crippen molar-refractivity contribution in [1.29, 1.82) is 0 Å². The van der Waals surface area contributed by atoms with Crippen LogP contribution in [0.25, 0.3) is 11.3 Å². The van der Waals surface area contributed by atoms with Crippen LogP contribution in [-0.2, 0) is 19.9 Å². The van der Waals surface area contributed by atoms with Crippen molar-refractivity contribution in [3.05, 3.63) is 65.7 Å². The molecule has 0 saturated carbocycles. The summed E-state index contributed by atoms with van der Waals surface area (Å²) >= 11 is 0. The van der Waals surface area contributed by atoms with Gasteiger partial charge in [0, 0.05) is 11.6 Å². The summed E-state index contributed by atoms with van der Waals surface area (Å²) in [5, 5.41) is 4.57. The van der Waals surface area contributed by atoms with Crippen LogP contribution in [0.4, 0.5) is 5.82 Å². The Kier molecular flexibility index (Phi) is 5.19. The minimum absolute atomic E-state index is 0.0543. The maximum absolute atomic E-state index is 12.9. The lowest BCUT2D eigenvalue weighted by molar-refractivity contribution is 0.507. The molecule has 0 spiro atoms. The van der Waals surface area contributed by atoms with Gasteiger partial charge in [-0.2, -0.15) is 5.10 Å². The van der Waals surface area contributed by atoms with Gasteiger partial charge in [-0.15, -0.1) is 0 Å². The topological polar surface area (TPSA) is 98.1 Å². The van der Waals surface area contributed by atoms with E-state index in [9.17, 15) is 16.8 Å². The van der Waals surface area contributed by atoms with E-state index in [1.54, 1.807) is 30.3 Å². The van der Waals surface area contributed by atoms with Crippen molar-refractivity contribution in [1.82, 2.24) is 9.78 Å². The predicted octanol–water partition coefficient (Wildman–Crippen LogP) is 3.33. The number of sulfone groups is 1. The molecule has 1 N–H and O–H groups in total. The molecule has 0 aliphatic carbocycles. The molecule has 1 aliphatic heterocycles. The zero-order chi connectivity index (χ0) is 21.5. The van der Waals surface area contributed by atoms with Gasteiger partial charge in [-0.3, -0.25) is 4.72 Å². The molecule has 1 fully saturated rings. The third-order valence-corrected chi connectivity index (χ3v) is 8.33. The minimum atomic E-state index is -3.85. The molecule has 2 aromatic carbocycles. The number of benzene rings is 2. The lowest BCUT2D eigenvalue weighted by atomic mass is 10.1. The van der Waals surface area contributed by atoms with Crippen molar-refractivity contribution in [3.63, 3.8) is 0 Å². The highest BCUT2D eigenvalue weighted by molar-refractivity contribution is 7.92. The number of hydrogen-bond donors (Lipinski definition) is 1. The number of hydrogen-bond acceptors (Lipinski definition) is 5. The quantitative estimate of drug-likeness (QED) is 0.650. The first-order chi connectivity index (χ1) is 14.1. The Labute approximate surface area is 176 Å². The summed E-state index contributed by atoms with van der Waals surface area (Å²) in [6.45, 7) is 3.86. The van der Waals surface area contributed by atoms with Gasteiger partial charge >= 0.3 is 0 Å². The van der Waals surface area contributed by atoms with Crippen molar-refractivity contribution >= 4 is 25.7 Å². The van der Waals surface area contributed by atoms with Crippen molar-refractivity contribution in [2.45, 2.75) is 31.2 Å². The Bertz CT molecular complexity index is 1280. The maximum Gasteiger partial charge on any atom is 0.263 e. The van der Waals surface area contributed by atoms with E-state index in [0.29, 0.717) is 12.1 Å². The van der Waals surface area contributed by atoms with Crippen LogP contribution in [0.2, 0.25) is 0 Å². The molecule has 3 aromatic rings. The summed E-state index contributed by atoms with van der Waals surface area (Å²) in [7, 11) is -7.01. The third kappa shape index (κ3) is 4.27. The molecule has 1 aliphatic rings. The minimum Gasteiger partial charge on any atom is -0.264 e. The van der Waals surface area contributed by atoms with Crippen LogP contribution < -0.4 is 4.72 Å². The van der Waals surface area contributed by atoms with Gasteiger partial charge < -0.3 is 0 Å². The molecule has 0 radical (unpaired) electrons. The first-order valence-corrected chi connectivity index (χ1v) is 12.9. The SMILES string of the molecule is Cc1ccc(-c2cc(NS(=O)(=O)c3ccc(C)cc3)n([C@H]3CCS(=O)(=O)C3)n2)cc1. The van der Waals surface area contributed by atoms with Gasteiger partial charge in [-0.05, 0) is 32.4 Å². The molecular weight excluding hydrogens is 422 g/mol. The highest BCUT2D eigenvalue weighted by atomic mass is 32.2. The summed E-state index contributed by atoms with van der Waals surface area (Å²) in [4.78, 5) is 0.136. The third-order valence-electron chi connectivity index (χ3n) is 5.21. The van der Waals surface area contributed by atoms with E-state index in [1.807, 2.05) is 38.1 Å². The van der Waals surface area contributed by atoms with E-state index in [4.69, 9.17) is 0 Å². The maximum atomic E-state index is 12.9. The van der Waals surface area contributed by atoms with Crippen LogP contribution in [0, 0.1) is 13.8 Å². The van der Waals surface area contributed by atoms with E-state index < -0.39 is 25.9 Å². The van der Waals surface area contributed by atoms with Gasteiger partial charge in [0.1, 0.15) is 5.82 Å². The van der Waals surface area contributed by atoms with Crippen molar-refractivity contribution in [3.8, 4) is 11.3 Å². The normalized spacial score (nSPS) is 18.4. The van der Waals surface area contributed by atoms with Crippen LogP contribution >= 0.6 is 0 Å². The number of nitrogens with zero attached hydrogens (tertiary/aromatic N) is 2. The number of aromatic nitrogens is 2. The molecule has 1 saturated heterocycles. The molecule has 4 rings (SSSR count). The lowest BCUT2D eigenvalue weighted by Crippen LogP contribution is -2.20. The van der Waals surface area contributed by atoms with Crippen LogP contribution in [0.1, 0.15) is 23.6 Å². The van der Waals surface area contributed by atoms with Gasteiger partial charge in [-0.1, -0.05) is 47.5 Å². The van der Waals surface area contributed by atoms with Crippen molar-refractivity contribution < 1.29 is 16.8 Å². The second kappa shape index (κ2) is 7.55. The van der Waals surface area contributed by atoms with Gasteiger partial charge in [0.25, 0.3) is 10.0 Å².